The summed E-state index contributed by atoms with van der Waals surface area (Å²) in [6.45, 7) is 1.86. The monoisotopic (exact) mass is 339 g/mol. The van der Waals surface area contributed by atoms with Crippen LogP contribution in [0.5, 0.6) is 0 Å². The summed E-state index contributed by atoms with van der Waals surface area (Å²) in [7, 11) is 0. The highest BCUT2D eigenvalue weighted by molar-refractivity contribution is 6.30. The molecule has 0 radical (unpaired) electrons. The lowest BCUT2D eigenvalue weighted by Crippen LogP contribution is -2.48. The second-order valence-corrected chi connectivity index (χ2v) is 7.13. The summed E-state index contributed by atoms with van der Waals surface area (Å²) in [6, 6.07) is 16.0. The van der Waals surface area contributed by atoms with Crippen molar-refractivity contribution in [3.8, 4) is 11.3 Å². The van der Waals surface area contributed by atoms with Gasteiger partial charge in [0.25, 0.3) is 0 Å². The van der Waals surface area contributed by atoms with Gasteiger partial charge in [-0.15, -0.1) is 10.2 Å². The van der Waals surface area contributed by atoms with E-state index in [0.29, 0.717) is 5.02 Å². The van der Waals surface area contributed by atoms with Gasteiger partial charge in [-0.2, -0.15) is 0 Å². The number of nitrogens with one attached hydrogen (secondary N) is 1. The van der Waals surface area contributed by atoms with E-state index in [9.17, 15) is 5.11 Å². The second-order valence-electron chi connectivity index (χ2n) is 6.70. The number of aromatic nitrogens is 2. The minimum absolute atomic E-state index is 0.235. The number of hydrogen-bond acceptors (Lipinski definition) is 4. The van der Waals surface area contributed by atoms with Crippen LogP contribution in [0.1, 0.15) is 19.8 Å². The SMILES string of the molecule is C[C@]1(O)C[C@H](Nc2nnc(-c3ccc(Cl)cc3)c3ccccc23)C1. The summed E-state index contributed by atoms with van der Waals surface area (Å²) in [5, 5.41) is 24.9. The zero-order chi connectivity index (χ0) is 16.7. The average Bonchev–Trinajstić information content (AvgIpc) is 2.54. The van der Waals surface area contributed by atoms with Gasteiger partial charge < -0.3 is 10.4 Å². The number of anilines is 1. The molecule has 0 saturated heterocycles. The first-order valence-corrected chi connectivity index (χ1v) is 8.40. The first-order valence-electron chi connectivity index (χ1n) is 8.02. The highest BCUT2D eigenvalue weighted by Gasteiger charge is 2.38. The summed E-state index contributed by atoms with van der Waals surface area (Å²) in [4.78, 5) is 0. The molecule has 0 aliphatic heterocycles. The molecule has 2 N–H and O–H groups in total. The summed E-state index contributed by atoms with van der Waals surface area (Å²) in [5.74, 6) is 0.767. The summed E-state index contributed by atoms with van der Waals surface area (Å²) in [5.41, 5.74) is 1.26. The van der Waals surface area contributed by atoms with Gasteiger partial charge in [0.05, 0.1) is 5.60 Å². The van der Waals surface area contributed by atoms with E-state index in [0.717, 1.165) is 40.7 Å². The Morgan fingerprint density at radius 1 is 1.04 bits per heavy atom. The number of hydrogen-bond donors (Lipinski definition) is 2. The Hall–Kier alpha value is -2.17. The number of nitrogens with zero attached hydrogens (tertiary/aromatic N) is 2. The summed E-state index contributed by atoms with van der Waals surface area (Å²) in [6.07, 6.45) is 1.45. The van der Waals surface area contributed by atoms with Crippen LogP contribution in [0.3, 0.4) is 0 Å². The third-order valence-electron chi connectivity index (χ3n) is 4.52. The summed E-state index contributed by atoms with van der Waals surface area (Å²) >= 11 is 5.98. The second kappa shape index (κ2) is 5.72. The van der Waals surface area contributed by atoms with Gasteiger partial charge in [0.15, 0.2) is 5.82 Å². The van der Waals surface area contributed by atoms with Gasteiger partial charge in [-0.05, 0) is 31.9 Å². The largest absolute Gasteiger partial charge is 0.390 e. The Morgan fingerprint density at radius 3 is 2.38 bits per heavy atom. The van der Waals surface area contributed by atoms with Crippen LogP contribution in [-0.2, 0) is 0 Å². The van der Waals surface area contributed by atoms with E-state index in [2.05, 4.69) is 21.6 Å². The van der Waals surface area contributed by atoms with Gasteiger partial charge >= 0.3 is 0 Å². The Labute approximate surface area is 145 Å². The zero-order valence-corrected chi connectivity index (χ0v) is 14.1. The van der Waals surface area contributed by atoms with Crippen LogP contribution in [0, 0.1) is 0 Å². The molecule has 1 fully saturated rings. The molecule has 0 spiro atoms. The van der Waals surface area contributed by atoms with E-state index in [-0.39, 0.29) is 6.04 Å². The molecule has 3 aromatic rings. The fourth-order valence-electron chi connectivity index (χ4n) is 3.33. The highest BCUT2D eigenvalue weighted by atomic mass is 35.5. The number of halogens is 1. The smallest absolute Gasteiger partial charge is 0.156 e. The Kier molecular flexibility index (Phi) is 3.66. The van der Waals surface area contributed by atoms with Gasteiger partial charge in [0.1, 0.15) is 5.69 Å². The molecule has 1 aromatic heterocycles. The maximum absolute atomic E-state index is 9.90. The topological polar surface area (TPSA) is 58.0 Å². The maximum Gasteiger partial charge on any atom is 0.156 e. The van der Waals surface area contributed by atoms with Gasteiger partial charge in [-0.25, -0.2) is 0 Å². The molecule has 4 nitrogen and oxygen atoms in total. The van der Waals surface area contributed by atoms with Crippen LogP contribution in [0.15, 0.2) is 48.5 Å². The number of fused-ring (bicyclic) bond motifs is 1. The van der Waals surface area contributed by atoms with Crippen molar-refractivity contribution in [3.05, 3.63) is 53.6 Å². The first kappa shape index (κ1) is 15.4. The van der Waals surface area contributed by atoms with E-state index in [4.69, 9.17) is 11.6 Å². The molecule has 0 atom stereocenters. The van der Waals surface area contributed by atoms with Gasteiger partial charge in [-0.3, -0.25) is 0 Å². The highest BCUT2D eigenvalue weighted by Crippen LogP contribution is 2.36. The van der Waals surface area contributed by atoms with Crippen LogP contribution >= 0.6 is 11.6 Å². The molecule has 2 aromatic carbocycles. The molecule has 1 saturated carbocycles. The molecular weight excluding hydrogens is 322 g/mol. The lowest BCUT2D eigenvalue weighted by Gasteiger charge is -2.41. The minimum Gasteiger partial charge on any atom is -0.390 e. The molecular formula is C19H18ClN3O. The number of aliphatic hydroxyl groups is 1. The van der Waals surface area contributed by atoms with E-state index < -0.39 is 5.60 Å². The van der Waals surface area contributed by atoms with Crippen molar-refractivity contribution in [1.29, 1.82) is 0 Å². The van der Waals surface area contributed by atoms with Crippen molar-refractivity contribution < 1.29 is 5.11 Å². The van der Waals surface area contributed by atoms with Crippen LogP contribution in [0.4, 0.5) is 5.82 Å². The van der Waals surface area contributed by atoms with Crippen molar-refractivity contribution in [1.82, 2.24) is 10.2 Å². The standard InChI is InChI=1S/C19H18ClN3O/c1-19(24)10-14(11-19)21-18-16-5-3-2-4-15(16)17(22-23-18)12-6-8-13(20)9-7-12/h2-9,14,24H,10-11H2,1H3,(H,21,23)/t14-,19-. The molecule has 122 valence electrons. The first-order chi connectivity index (χ1) is 11.5. The fraction of sp³-hybridized carbons (Fsp3) is 0.263. The van der Waals surface area contributed by atoms with E-state index in [1.54, 1.807) is 0 Å². The Morgan fingerprint density at radius 2 is 1.71 bits per heavy atom. The van der Waals surface area contributed by atoms with Crippen molar-refractivity contribution in [2.24, 2.45) is 0 Å². The molecule has 1 aliphatic carbocycles. The number of rotatable bonds is 3. The quantitative estimate of drug-likeness (QED) is 0.748. The van der Waals surface area contributed by atoms with E-state index in [1.807, 2.05) is 49.4 Å². The number of benzene rings is 2. The average molecular weight is 340 g/mol. The predicted octanol–water partition coefficient (Wildman–Crippen LogP) is 4.28. The van der Waals surface area contributed by atoms with Crippen molar-refractivity contribution in [3.63, 3.8) is 0 Å². The molecule has 1 aliphatic rings. The molecule has 0 bridgehead atoms. The Bertz CT molecular complexity index is 885. The van der Waals surface area contributed by atoms with E-state index >= 15 is 0 Å². The zero-order valence-electron chi connectivity index (χ0n) is 13.3. The normalized spacial score (nSPS) is 23.0. The van der Waals surface area contributed by atoms with Gasteiger partial charge in [0, 0.05) is 27.4 Å². The third kappa shape index (κ3) is 2.83. The van der Waals surface area contributed by atoms with Crippen LogP contribution in [-0.4, -0.2) is 26.9 Å². The van der Waals surface area contributed by atoms with Crippen molar-refractivity contribution >= 4 is 28.2 Å². The molecule has 24 heavy (non-hydrogen) atoms. The minimum atomic E-state index is -0.565. The lowest BCUT2D eigenvalue weighted by molar-refractivity contribution is -0.0235. The van der Waals surface area contributed by atoms with Gasteiger partial charge in [0.2, 0.25) is 0 Å². The van der Waals surface area contributed by atoms with Crippen LogP contribution in [0.25, 0.3) is 22.0 Å². The molecule has 0 amide bonds. The Balaban J connectivity index is 1.73. The molecule has 4 rings (SSSR count). The lowest BCUT2D eigenvalue weighted by atomic mass is 9.77. The van der Waals surface area contributed by atoms with Crippen molar-refractivity contribution in [2.45, 2.75) is 31.4 Å². The van der Waals surface area contributed by atoms with E-state index in [1.165, 1.54) is 0 Å². The molecule has 0 unspecified atom stereocenters. The third-order valence-corrected chi connectivity index (χ3v) is 4.77. The summed E-state index contributed by atoms with van der Waals surface area (Å²) < 4.78 is 0. The molecule has 1 heterocycles. The maximum atomic E-state index is 9.90. The van der Waals surface area contributed by atoms with Crippen LogP contribution < -0.4 is 5.32 Å². The van der Waals surface area contributed by atoms with Crippen LogP contribution in [0.2, 0.25) is 5.02 Å². The molecule has 5 heteroatoms. The van der Waals surface area contributed by atoms with Crippen molar-refractivity contribution in [2.75, 3.05) is 5.32 Å². The predicted molar refractivity (Wildman–Crippen MR) is 97.3 cm³/mol. The van der Waals surface area contributed by atoms with Gasteiger partial charge in [-0.1, -0.05) is 48.0 Å². The fourth-order valence-corrected chi connectivity index (χ4v) is 3.45.